The number of carbonyl (C=O) groups is 2. The number of aryl methyl sites for hydroxylation is 1. The van der Waals surface area contributed by atoms with Crippen LogP contribution in [0.4, 0.5) is 0 Å². The quantitative estimate of drug-likeness (QED) is 0.294. The average molecular weight is 616 g/mol. The first-order valence-electron chi connectivity index (χ1n) is 14.7. The molecule has 0 saturated heterocycles. The van der Waals surface area contributed by atoms with E-state index in [2.05, 4.69) is 5.32 Å². The number of fused-ring (bicyclic) bond motifs is 1. The van der Waals surface area contributed by atoms with E-state index in [1.165, 1.54) is 18.4 Å². The molecule has 0 aliphatic heterocycles. The molecule has 12 heteroatoms. The molecular formula is C31H41N3O8S. The number of aliphatic hydroxyl groups is 1. The number of amides is 1. The summed E-state index contributed by atoms with van der Waals surface area (Å²) in [6.07, 6.45) is 0.960. The van der Waals surface area contributed by atoms with Crippen LogP contribution >= 0.6 is 11.3 Å². The topological polar surface area (TPSA) is 149 Å². The Labute approximate surface area is 254 Å². The molecule has 0 spiro atoms. The SMILES string of the molecule is CCNC(=O)c1sc2c(c1C)c(=O)n(C(C)(C)C(=O)O)c(=O)n2C[C@H](OC1CCC(O)CC1)c1ccccc1OC(C)C. The number of aromatic nitrogens is 2. The molecule has 0 bridgehead atoms. The highest BCUT2D eigenvalue weighted by Gasteiger charge is 2.36. The van der Waals surface area contributed by atoms with E-state index in [0.29, 0.717) is 49.1 Å². The lowest BCUT2D eigenvalue weighted by Crippen LogP contribution is -2.52. The van der Waals surface area contributed by atoms with Gasteiger partial charge in [-0.25, -0.2) is 14.2 Å². The van der Waals surface area contributed by atoms with Crippen molar-refractivity contribution in [2.24, 2.45) is 0 Å². The minimum Gasteiger partial charge on any atom is -0.491 e. The number of carbonyl (C=O) groups excluding carboxylic acids is 1. The summed E-state index contributed by atoms with van der Waals surface area (Å²) >= 11 is 1.02. The van der Waals surface area contributed by atoms with Crippen LogP contribution in [0.3, 0.4) is 0 Å². The Morgan fingerprint density at radius 2 is 1.79 bits per heavy atom. The van der Waals surface area contributed by atoms with Crippen LogP contribution in [-0.2, 0) is 21.6 Å². The van der Waals surface area contributed by atoms with Crippen LogP contribution in [0.15, 0.2) is 33.9 Å². The molecule has 11 nitrogen and oxygen atoms in total. The Kier molecular flexibility index (Phi) is 9.83. The van der Waals surface area contributed by atoms with Crippen molar-refractivity contribution in [1.29, 1.82) is 0 Å². The molecule has 0 radical (unpaired) electrons. The molecule has 4 rings (SSSR count). The van der Waals surface area contributed by atoms with Crippen molar-refractivity contribution in [1.82, 2.24) is 14.5 Å². The third-order valence-electron chi connectivity index (χ3n) is 7.82. The van der Waals surface area contributed by atoms with Gasteiger partial charge in [0, 0.05) is 12.1 Å². The highest BCUT2D eigenvalue weighted by molar-refractivity contribution is 7.20. The van der Waals surface area contributed by atoms with E-state index in [9.17, 15) is 29.4 Å². The number of hydrogen-bond donors (Lipinski definition) is 3. The summed E-state index contributed by atoms with van der Waals surface area (Å²) < 4.78 is 14.9. The Morgan fingerprint density at radius 1 is 1.14 bits per heavy atom. The number of carboxylic acid groups (broad SMARTS) is 1. The first kappa shape index (κ1) is 32.4. The van der Waals surface area contributed by atoms with Crippen LogP contribution in [0.25, 0.3) is 10.2 Å². The third kappa shape index (κ3) is 6.56. The first-order valence-corrected chi connectivity index (χ1v) is 15.5. The Balaban J connectivity index is 1.98. The Hall–Kier alpha value is -3.48. The molecule has 2 heterocycles. The molecule has 234 valence electrons. The zero-order valence-electron chi connectivity index (χ0n) is 25.5. The fourth-order valence-corrected chi connectivity index (χ4v) is 6.67. The molecular weight excluding hydrogens is 574 g/mol. The van der Waals surface area contributed by atoms with Crippen LogP contribution in [0.5, 0.6) is 5.75 Å². The molecule has 2 aromatic heterocycles. The van der Waals surface area contributed by atoms with Crippen molar-refractivity contribution >= 4 is 33.4 Å². The molecule has 3 N–H and O–H groups in total. The second-order valence-electron chi connectivity index (χ2n) is 11.8. The maximum absolute atomic E-state index is 14.2. The van der Waals surface area contributed by atoms with Gasteiger partial charge in [-0.05, 0) is 78.9 Å². The summed E-state index contributed by atoms with van der Waals surface area (Å²) in [5.41, 5.74) is -2.39. The van der Waals surface area contributed by atoms with Gasteiger partial charge in [0.25, 0.3) is 11.5 Å². The number of aliphatic carboxylic acids is 1. The standard InChI is InChI=1S/C31H41N3O8S/c1-7-32-26(36)25-18(4)24-27(37)34(31(5,6)29(38)39)30(40)33(28(24)43-25)16-23(42-20-14-12-19(35)13-15-20)21-10-8-9-11-22(21)41-17(2)3/h8-11,17,19-20,23,35H,7,12-16H2,1-6H3,(H,32,36)(H,38,39)/t19?,20?,23-/m0/s1. The highest BCUT2D eigenvalue weighted by Crippen LogP contribution is 2.35. The van der Waals surface area contributed by atoms with Crippen LogP contribution in [-0.4, -0.2) is 56.1 Å². The number of nitrogens with one attached hydrogen (secondary N) is 1. The number of rotatable bonds is 11. The molecule has 1 saturated carbocycles. The van der Waals surface area contributed by atoms with Gasteiger partial charge < -0.3 is 25.0 Å². The smallest absolute Gasteiger partial charge is 0.333 e. The number of carboxylic acids is 1. The van der Waals surface area contributed by atoms with Gasteiger partial charge in [0.15, 0.2) is 0 Å². The van der Waals surface area contributed by atoms with Crippen LogP contribution in [0.1, 0.15) is 87.2 Å². The van der Waals surface area contributed by atoms with Crippen LogP contribution < -0.4 is 21.3 Å². The van der Waals surface area contributed by atoms with Crippen LogP contribution in [0, 0.1) is 6.92 Å². The number of thiophene rings is 1. The van der Waals surface area contributed by atoms with Gasteiger partial charge in [-0.1, -0.05) is 18.2 Å². The summed E-state index contributed by atoms with van der Waals surface area (Å²) in [6, 6.07) is 7.38. The van der Waals surface area contributed by atoms with E-state index in [0.717, 1.165) is 15.9 Å². The van der Waals surface area contributed by atoms with E-state index < -0.39 is 28.9 Å². The van der Waals surface area contributed by atoms with Crippen molar-refractivity contribution in [2.45, 2.75) is 104 Å². The number of aliphatic hydroxyl groups excluding tert-OH is 1. The fraction of sp³-hybridized carbons (Fsp3) is 0.548. The van der Waals surface area contributed by atoms with E-state index >= 15 is 0 Å². The average Bonchev–Trinajstić information content (AvgIpc) is 3.29. The molecule has 1 aliphatic rings. The van der Waals surface area contributed by atoms with Gasteiger partial charge in [0.1, 0.15) is 22.2 Å². The number of benzene rings is 1. The molecule has 1 amide bonds. The summed E-state index contributed by atoms with van der Waals surface area (Å²) in [4.78, 5) is 53.8. The number of nitrogens with zero attached hydrogens (tertiary/aromatic N) is 2. The van der Waals surface area contributed by atoms with Crippen molar-refractivity contribution in [3.63, 3.8) is 0 Å². The lowest BCUT2D eigenvalue weighted by atomic mass is 9.94. The summed E-state index contributed by atoms with van der Waals surface area (Å²) in [6.45, 7) is 10.1. The van der Waals surface area contributed by atoms with Crippen molar-refractivity contribution in [3.05, 3.63) is 61.1 Å². The zero-order valence-corrected chi connectivity index (χ0v) is 26.3. The molecule has 1 fully saturated rings. The Morgan fingerprint density at radius 3 is 2.40 bits per heavy atom. The summed E-state index contributed by atoms with van der Waals surface area (Å²) in [7, 11) is 0. The van der Waals surface area contributed by atoms with Crippen molar-refractivity contribution < 1.29 is 29.3 Å². The largest absolute Gasteiger partial charge is 0.491 e. The minimum atomic E-state index is -1.88. The molecule has 3 aromatic rings. The third-order valence-corrected chi connectivity index (χ3v) is 9.13. The van der Waals surface area contributed by atoms with Gasteiger partial charge in [0.2, 0.25) is 0 Å². The predicted molar refractivity (Wildman–Crippen MR) is 164 cm³/mol. The van der Waals surface area contributed by atoms with E-state index in [4.69, 9.17) is 9.47 Å². The minimum absolute atomic E-state index is 0.0718. The highest BCUT2D eigenvalue weighted by atomic mass is 32.1. The maximum Gasteiger partial charge on any atom is 0.333 e. The molecule has 1 aromatic carbocycles. The zero-order chi connectivity index (χ0) is 31.6. The molecule has 1 atom stereocenters. The van der Waals surface area contributed by atoms with Gasteiger partial charge in [-0.3, -0.25) is 14.2 Å². The second-order valence-corrected chi connectivity index (χ2v) is 12.8. The molecule has 1 aliphatic carbocycles. The normalized spacial score (nSPS) is 18.1. The summed E-state index contributed by atoms with van der Waals surface area (Å²) in [5, 5.41) is 23.0. The van der Waals surface area contributed by atoms with E-state index in [1.54, 1.807) is 13.8 Å². The van der Waals surface area contributed by atoms with E-state index in [1.807, 2.05) is 38.1 Å². The second kappa shape index (κ2) is 13.0. The van der Waals surface area contributed by atoms with Crippen LogP contribution in [0.2, 0.25) is 0 Å². The van der Waals surface area contributed by atoms with Crippen molar-refractivity contribution in [3.8, 4) is 5.75 Å². The Bertz CT molecular complexity index is 1610. The van der Waals surface area contributed by atoms with Gasteiger partial charge in [-0.2, -0.15) is 0 Å². The fourth-order valence-electron chi connectivity index (χ4n) is 5.46. The maximum atomic E-state index is 14.2. The van der Waals surface area contributed by atoms with Gasteiger partial charge >= 0.3 is 11.7 Å². The lowest BCUT2D eigenvalue weighted by Gasteiger charge is -2.31. The summed E-state index contributed by atoms with van der Waals surface area (Å²) in [5.74, 6) is -1.15. The number of hydrogen-bond acceptors (Lipinski definition) is 8. The molecule has 43 heavy (non-hydrogen) atoms. The van der Waals surface area contributed by atoms with Gasteiger partial charge in [0.05, 0.1) is 35.1 Å². The predicted octanol–water partition coefficient (Wildman–Crippen LogP) is 3.95. The van der Waals surface area contributed by atoms with Gasteiger partial charge in [-0.15, -0.1) is 11.3 Å². The van der Waals surface area contributed by atoms with Crippen molar-refractivity contribution in [2.75, 3.05) is 6.54 Å². The number of ether oxygens (including phenoxy) is 2. The first-order chi connectivity index (χ1) is 20.3. The monoisotopic (exact) mass is 615 g/mol. The van der Waals surface area contributed by atoms with E-state index in [-0.39, 0.29) is 45.9 Å². The lowest BCUT2D eigenvalue weighted by molar-refractivity contribution is -0.146. The number of para-hydroxylation sites is 1. The molecule has 0 unspecified atom stereocenters.